The molecule has 1 heterocycles. The monoisotopic (exact) mass is 353 g/mol. The van der Waals surface area contributed by atoms with Crippen LogP contribution in [-0.4, -0.2) is 31.6 Å². The number of sulfonamides is 1. The maximum atomic E-state index is 12.2. The molecule has 0 aliphatic carbocycles. The minimum absolute atomic E-state index is 0.0199. The first-order valence-corrected chi connectivity index (χ1v) is 9.54. The van der Waals surface area contributed by atoms with Gasteiger partial charge in [-0.3, -0.25) is 4.79 Å². The number of rotatable bonds is 5. The van der Waals surface area contributed by atoms with Gasteiger partial charge >= 0.3 is 0 Å². The Balaban J connectivity index is 2.19. The molecule has 2 aromatic rings. The van der Waals surface area contributed by atoms with E-state index in [4.69, 9.17) is 5.14 Å². The van der Waals surface area contributed by atoms with E-state index < -0.39 is 10.0 Å². The fourth-order valence-corrected chi connectivity index (χ4v) is 3.62. The van der Waals surface area contributed by atoms with Crippen LogP contribution in [0.15, 0.2) is 18.2 Å². The Hall–Kier alpha value is -1.77. The van der Waals surface area contributed by atoms with Crippen LogP contribution < -0.4 is 10.5 Å². The maximum absolute atomic E-state index is 12.2. The maximum Gasteiger partial charge on any atom is 0.263 e. The molecule has 0 spiro atoms. The highest BCUT2D eigenvalue weighted by molar-refractivity contribution is 7.89. The predicted octanol–water partition coefficient (Wildman–Crippen LogP) is 1.75. The summed E-state index contributed by atoms with van der Waals surface area (Å²) in [6.07, 6.45) is 0. The molecule has 0 aliphatic rings. The number of carbonyl (C=O) groups is 1. The summed E-state index contributed by atoms with van der Waals surface area (Å²) < 4.78 is 21.8. The van der Waals surface area contributed by atoms with Crippen molar-refractivity contribution in [3.05, 3.63) is 39.9 Å². The Morgan fingerprint density at radius 1 is 1.30 bits per heavy atom. The SMILES string of the molecule is Cc1ccc(-c2nc(C)c(C(=O)NCCS(N)(=O)=O)s2)c(C)c1. The Morgan fingerprint density at radius 3 is 2.61 bits per heavy atom. The van der Waals surface area contributed by atoms with Crippen molar-refractivity contribution in [2.75, 3.05) is 12.3 Å². The predicted molar refractivity (Wildman–Crippen MR) is 92.1 cm³/mol. The third-order valence-corrected chi connectivity index (χ3v) is 5.25. The molecule has 0 aliphatic heterocycles. The lowest BCUT2D eigenvalue weighted by Gasteiger charge is -2.03. The first kappa shape index (κ1) is 17.6. The molecule has 124 valence electrons. The van der Waals surface area contributed by atoms with Crippen molar-refractivity contribution in [2.24, 2.45) is 5.14 Å². The molecule has 0 atom stereocenters. The number of nitrogens with one attached hydrogen (secondary N) is 1. The Morgan fingerprint density at radius 2 is 2.00 bits per heavy atom. The van der Waals surface area contributed by atoms with E-state index in [0.29, 0.717) is 10.6 Å². The van der Waals surface area contributed by atoms with Gasteiger partial charge in [0.15, 0.2) is 0 Å². The van der Waals surface area contributed by atoms with E-state index in [1.807, 2.05) is 26.0 Å². The van der Waals surface area contributed by atoms with Gasteiger partial charge in [0.05, 0.1) is 11.4 Å². The second kappa shape index (κ2) is 6.77. The third kappa shape index (κ3) is 4.60. The summed E-state index contributed by atoms with van der Waals surface area (Å²) in [5, 5.41) is 8.24. The van der Waals surface area contributed by atoms with Crippen LogP contribution in [-0.2, 0) is 10.0 Å². The number of hydrogen-bond acceptors (Lipinski definition) is 5. The van der Waals surface area contributed by atoms with E-state index >= 15 is 0 Å². The summed E-state index contributed by atoms with van der Waals surface area (Å²) in [4.78, 5) is 17.1. The van der Waals surface area contributed by atoms with Crippen molar-refractivity contribution in [1.29, 1.82) is 0 Å². The normalized spacial score (nSPS) is 11.5. The molecule has 8 heteroatoms. The number of hydrogen-bond donors (Lipinski definition) is 2. The highest BCUT2D eigenvalue weighted by Gasteiger charge is 2.17. The fourth-order valence-electron chi connectivity index (χ4n) is 2.16. The molecular formula is C15H19N3O3S2. The lowest BCUT2D eigenvalue weighted by Crippen LogP contribution is -2.31. The average Bonchev–Trinajstić information content (AvgIpc) is 2.79. The highest BCUT2D eigenvalue weighted by atomic mass is 32.2. The third-order valence-electron chi connectivity index (χ3n) is 3.29. The zero-order valence-electron chi connectivity index (χ0n) is 13.2. The molecule has 0 saturated carbocycles. The molecule has 0 radical (unpaired) electrons. The lowest BCUT2D eigenvalue weighted by atomic mass is 10.1. The lowest BCUT2D eigenvalue weighted by molar-refractivity contribution is 0.0959. The van der Waals surface area contributed by atoms with Gasteiger partial charge in [0, 0.05) is 12.1 Å². The molecule has 0 saturated heterocycles. The minimum atomic E-state index is -3.59. The molecule has 1 aromatic carbocycles. The molecule has 6 nitrogen and oxygen atoms in total. The van der Waals surface area contributed by atoms with Crippen LogP contribution in [0.25, 0.3) is 10.6 Å². The van der Waals surface area contributed by atoms with Gasteiger partial charge < -0.3 is 5.32 Å². The molecule has 0 bridgehead atoms. The molecule has 0 fully saturated rings. The van der Waals surface area contributed by atoms with Gasteiger partial charge in [-0.25, -0.2) is 18.5 Å². The second-order valence-electron chi connectivity index (χ2n) is 5.37. The highest BCUT2D eigenvalue weighted by Crippen LogP contribution is 2.30. The number of carbonyl (C=O) groups excluding carboxylic acids is 1. The van der Waals surface area contributed by atoms with Gasteiger partial charge in [-0.1, -0.05) is 23.8 Å². The van der Waals surface area contributed by atoms with Gasteiger partial charge in [-0.2, -0.15) is 0 Å². The van der Waals surface area contributed by atoms with Crippen molar-refractivity contribution in [3.63, 3.8) is 0 Å². The molecule has 0 unspecified atom stereocenters. The molecule has 23 heavy (non-hydrogen) atoms. The Bertz CT molecular complexity index is 842. The summed E-state index contributed by atoms with van der Waals surface area (Å²) in [5.41, 5.74) is 3.88. The van der Waals surface area contributed by atoms with Gasteiger partial charge in [0.25, 0.3) is 5.91 Å². The van der Waals surface area contributed by atoms with Gasteiger partial charge in [-0.15, -0.1) is 11.3 Å². The fraction of sp³-hybridized carbons (Fsp3) is 0.333. The quantitative estimate of drug-likeness (QED) is 0.855. The number of nitrogens with zero attached hydrogens (tertiary/aromatic N) is 1. The Kier molecular flexibility index (Phi) is 5.18. The van der Waals surface area contributed by atoms with E-state index in [2.05, 4.69) is 16.4 Å². The number of benzene rings is 1. The van der Waals surface area contributed by atoms with Crippen LogP contribution in [0.1, 0.15) is 26.5 Å². The summed E-state index contributed by atoms with van der Waals surface area (Å²) in [6, 6.07) is 6.06. The van der Waals surface area contributed by atoms with Crippen molar-refractivity contribution in [3.8, 4) is 10.6 Å². The van der Waals surface area contributed by atoms with E-state index in [-0.39, 0.29) is 18.2 Å². The first-order chi connectivity index (χ1) is 10.7. The van der Waals surface area contributed by atoms with Gasteiger partial charge in [0.2, 0.25) is 10.0 Å². The van der Waals surface area contributed by atoms with Gasteiger partial charge in [0.1, 0.15) is 9.88 Å². The number of nitrogens with two attached hydrogens (primary N) is 1. The van der Waals surface area contributed by atoms with Crippen LogP contribution >= 0.6 is 11.3 Å². The molecule has 2 rings (SSSR count). The number of aromatic nitrogens is 1. The zero-order valence-corrected chi connectivity index (χ0v) is 14.8. The second-order valence-corrected chi connectivity index (χ2v) is 8.11. The summed E-state index contributed by atoms with van der Waals surface area (Å²) >= 11 is 1.29. The molecule has 3 N–H and O–H groups in total. The Labute approximate surface area is 139 Å². The standard InChI is InChI=1S/C15H19N3O3S2/c1-9-4-5-12(10(2)8-9)15-18-11(3)13(22-15)14(19)17-6-7-23(16,20)21/h4-5,8H,6-7H2,1-3H3,(H,17,19)(H2,16,20,21). The number of thiazole rings is 1. The van der Waals surface area contributed by atoms with Crippen LogP contribution in [0.4, 0.5) is 0 Å². The van der Waals surface area contributed by atoms with E-state index in [0.717, 1.165) is 16.1 Å². The van der Waals surface area contributed by atoms with Crippen LogP contribution in [0.2, 0.25) is 0 Å². The van der Waals surface area contributed by atoms with E-state index in [1.165, 1.54) is 16.9 Å². The molecule has 1 aromatic heterocycles. The van der Waals surface area contributed by atoms with Crippen LogP contribution in [0, 0.1) is 20.8 Å². The van der Waals surface area contributed by atoms with Crippen molar-refractivity contribution < 1.29 is 13.2 Å². The first-order valence-electron chi connectivity index (χ1n) is 7.01. The number of aryl methyl sites for hydroxylation is 3. The minimum Gasteiger partial charge on any atom is -0.350 e. The number of amides is 1. The van der Waals surface area contributed by atoms with Crippen molar-refractivity contribution in [1.82, 2.24) is 10.3 Å². The molecule has 1 amide bonds. The summed E-state index contributed by atoms with van der Waals surface area (Å²) in [5.74, 6) is -0.625. The van der Waals surface area contributed by atoms with Gasteiger partial charge in [-0.05, 0) is 26.3 Å². The topological polar surface area (TPSA) is 102 Å². The number of primary sulfonamides is 1. The van der Waals surface area contributed by atoms with E-state index in [1.54, 1.807) is 6.92 Å². The smallest absolute Gasteiger partial charge is 0.263 e. The van der Waals surface area contributed by atoms with Crippen LogP contribution in [0.3, 0.4) is 0 Å². The van der Waals surface area contributed by atoms with Crippen LogP contribution in [0.5, 0.6) is 0 Å². The van der Waals surface area contributed by atoms with Crippen molar-refractivity contribution >= 4 is 27.3 Å². The average molecular weight is 353 g/mol. The van der Waals surface area contributed by atoms with E-state index in [9.17, 15) is 13.2 Å². The van der Waals surface area contributed by atoms with Crippen molar-refractivity contribution in [2.45, 2.75) is 20.8 Å². The molecular weight excluding hydrogens is 334 g/mol. The summed E-state index contributed by atoms with van der Waals surface area (Å²) in [7, 11) is -3.59. The largest absolute Gasteiger partial charge is 0.350 e. The summed E-state index contributed by atoms with van der Waals surface area (Å²) in [6.45, 7) is 5.77. The zero-order chi connectivity index (χ0) is 17.2.